The number of methoxy groups -OCH3 is 4. The second-order valence-corrected chi connectivity index (χ2v) is 7.94. The van der Waals surface area contributed by atoms with Crippen LogP contribution in [0, 0.1) is 0 Å². The first-order chi connectivity index (χ1) is 16.9. The highest BCUT2D eigenvalue weighted by atomic mass is 79.9. The van der Waals surface area contributed by atoms with Gasteiger partial charge in [-0.1, -0.05) is 15.9 Å². The van der Waals surface area contributed by atoms with Crippen molar-refractivity contribution in [3.63, 3.8) is 0 Å². The van der Waals surface area contributed by atoms with Crippen molar-refractivity contribution < 1.29 is 28.5 Å². The van der Waals surface area contributed by atoms with Crippen molar-refractivity contribution in [3.8, 4) is 23.0 Å². The second-order valence-electron chi connectivity index (χ2n) is 7.03. The molecule has 182 valence electrons. The SMILES string of the molecule is COc1ccc(C=NNC(=O)c2cc(Br)ccc2NC(=O)c2ccc(OC)c(OC)c2)cc1OC. The van der Waals surface area contributed by atoms with E-state index in [1.54, 1.807) is 61.7 Å². The zero-order valence-electron chi connectivity index (χ0n) is 19.5. The Morgan fingerprint density at radius 3 is 2.06 bits per heavy atom. The average molecular weight is 542 g/mol. The van der Waals surface area contributed by atoms with Gasteiger partial charge in [-0.05, 0) is 60.2 Å². The van der Waals surface area contributed by atoms with Crippen molar-refractivity contribution in [2.75, 3.05) is 33.8 Å². The van der Waals surface area contributed by atoms with Gasteiger partial charge in [0.2, 0.25) is 0 Å². The van der Waals surface area contributed by atoms with Crippen LogP contribution >= 0.6 is 15.9 Å². The smallest absolute Gasteiger partial charge is 0.273 e. The molecule has 3 aromatic carbocycles. The van der Waals surface area contributed by atoms with Gasteiger partial charge in [-0.15, -0.1) is 0 Å². The lowest BCUT2D eigenvalue weighted by Crippen LogP contribution is -2.21. The average Bonchev–Trinajstić information content (AvgIpc) is 2.88. The number of ether oxygens (including phenoxy) is 4. The molecule has 0 aliphatic carbocycles. The molecular weight excluding hydrogens is 518 g/mol. The van der Waals surface area contributed by atoms with Crippen LogP contribution in [0.15, 0.2) is 64.2 Å². The van der Waals surface area contributed by atoms with Crippen LogP contribution in [0.5, 0.6) is 23.0 Å². The number of carbonyl (C=O) groups excluding carboxylic acids is 2. The van der Waals surface area contributed by atoms with E-state index in [4.69, 9.17) is 18.9 Å². The Morgan fingerprint density at radius 1 is 0.771 bits per heavy atom. The van der Waals surface area contributed by atoms with E-state index >= 15 is 0 Å². The number of hydrazone groups is 1. The highest BCUT2D eigenvalue weighted by Crippen LogP contribution is 2.29. The standard InChI is InChI=1S/C25H24BrN3O6/c1-32-20-9-5-15(11-22(20)34-3)14-27-29-25(31)18-13-17(26)7-8-19(18)28-24(30)16-6-10-21(33-2)23(12-16)35-4/h5-14H,1-4H3,(H,28,30)(H,29,31). The number of anilines is 1. The van der Waals surface area contributed by atoms with Gasteiger partial charge in [0.25, 0.3) is 11.8 Å². The molecule has 3 rings (SSSR count). The topological polar surface area (TPSA) is 107 Å². The molecule has 0 unspecified atom stereocenters. The molecule has 3 aromatic rings. The van der Waals surface area contributed by atoms with Crippen LogP contribution in [0.1, 0.15) is 26.3 Å². The Kier molecular flexibility index (Phi) is 8.69. The summed E-state index contributed by atoms with van der Waals surface area (Å²) in [7, 11) is 6.08. The predicted octanol–water partition coefficient (Wildman–Crippen LogP) is 4.50. The molecule has 35 heavy (non-hydrogen) atoms. The third-order valence-electron chi connectivity index (χ3n) is 4.91. The van der Waals surface area contributed by atoms with Crippen LogP contribution in [-0.4, -0.2) is 46.5 Å². The van der Waals surface area contributed by atoms with Crippen LogP contribution < -0.4 is 29.7 Å². The van der Waals surface area contributed by atoms with Crippen molar-refractivity contribution in [1.29, 1.82) is 0 Å². The molecule has 0 atom stereocenters. The summed E-state index contributed by atoms with van der Waals surface area (Å²) in [5.74, 6) is 1.10. The van der Waals surface area contributed by atoms with Crippen molar-refractivity contribution in [2.45, 2.75) is 0 Å². The molecule has 9 nitrogen and oxygen atoms in total. The molecular formula is C25H24BrN3O6. The van der Waals surface area contributed by atoms with Gasteiger partial charge in [-0.25, -0.2) is 5.43 Å². The summed E-state index contributed by atoms with van der Waals surface area (Å²) >= 11 is 3.36. The molecule has 10 heteroatoms. The minimum atomic E-state index is -0.509. The minimum Gasteiger partial charge on any atom is -0.493 e. The molecule has 0 aromatic heterocycles. The van der Waals surface area contributed by atoms with E-state index in [0.717, 1.165) is 0 Å². The number of carbonyl (C=O) groups is 2. The van der Waals surface area contributed by atoms with Gasteiger partial charge in [0.05, 0.1) is 45.9 Å². The molecule has 0 spiro atoms. The number of amides is 2. The summed E-state index contributed by atoms with van der Waals surface area (Å²) in [5.41, 5.74) is 4.04. The van der Waals surface area contributed by atoms with Crippen molar-refractivity contribution in [2.24, 2.45) is 5.10 Å². The molecule has 2 amide bonds. The van der Waals surface area contributed by atoms with Crippen LogP contribution in [0.4, 0.5) is 5.69 Å². The Bertz CT molecular complexity index is 1260. The van der Waals surface area contributed by atoms with E-state index in [2.05, 4.69) is 31.8 Å². The lowest BCUT2D eigenvalue weighted by molar-refractivity contribution is 0.0956. The first-order valence-electron chi connectivity index (χ1n) is 10.3. The number of benzene rings is 3. The van der Waals surface area contributed by atoms with Gasteiger partial charge in [-0.2, -0.15) is 5.10 Å². The molecule has 0 radical (unpaired) electrons. The number of nitrogens with zero attached hydrogens (tertiary/aromatic N) is 1. The molecule has 0 bridgehead atoms. The predicted molar refractivity (Wildman–Crippen MR) is 136 cm³/mol. The van der Waals surface area contributed by atoms with Gasteiger partial charge in [0, 0.05) is 10.0 Å². The Labute approximate surface area is 211 Å². The quantitative estimate of drug-likeness (QED) is 0.305. The van der Waals surface area contributed by atoms with Gasteiger partial charge in [0.1, 0.15) is 0 Å². The fourth-order valence-corrected chi connectivity index (χ4v) is 3.51. The second kappa shape index (κ2) is 11.9. The summed E-state index contributed by atoms with van der Waals surface area (Å²) in [6.45, 7) is 0. The number of hydrogen-bond donors (Lipinski definition) is 2. The maximum Gasteiger partial charge on any atom is 0.273 e. The van der Waals surface area contributed by atoms with Crippen molar-refractivity contribution >= 4 is 39.6 Å². The third-order valence-corrected chi connectivity index (χ3v) is 5.40. The fourth-order valence-electron chi connectivity index (χ4n) is 3.14. The number of nitrogens with one attached hydrogen (secondary N) is 2. The number of hydrogen-bond acceptors (Lipinski definition) is 7. The van der Waals surface area contributed by atoms with Gasteiger partial charge in [0.15, 0.2) is 23.0 Å². The van der Waals surface area contributed by atoms with E-state index in [-0.39, 0.29) is 5.56 Å². The molecule has 0 saturated carbocycles. The van der Waals surface area contributed by atoms with Crippen LogP contribution in [0.3, 0.4) is 0 Å². The summed E-state index contributed by atoms with van der Waals surface area (Å²) in [4.78, 5) is 25.7. The molecule has 2 N–H and O–H groups in total. The van der Waals surface area contributed by atoms with Crippen LogP contribution in [0.25, 0.3) is 0 Å². The lowest BCUT2D eigenvalue weighted by Gasteiger charge is -2.12. The van der Waals surface area contributed by atoms with E-state index in [1.165, 1.54) is 27.5 Å². The summed E-state index contributed by atoms with van der Waals surface area (Å²) < 4.78 is 21.6. The first kappa shape index (κ1) is 25.6. The minimum absolute atomic E-state index is 0.220. The maximum absolute atomic E-state index is 12.9. The normalized spacial score (nSPS) is 10.5. The summed E-state index contributed by atoms with van der Waals surface area (Å²) in [5, 5.41) is 6.78. The monoisotopic (exact) mass is 541 g/mol. The zero-order chi connectivity index (χ0) is 25.4. The molecule has 0 saturated heterocycles. The summed E-state index contributed by atoms with van der Waals surface area (Å²) in [6, 6.07) is 14.9. The first-order valence-corrected chi connectivity index (χ1v) is 11.1. The van der Waals surface area contributed by atoms with Gasteiger partial charge < -0.3 is 24.3 Å². The van der Waals surface area contributed by atoms with E-state index in [0.29, 0.717) is 44.3 Å². The zero-order valence-corrected chi connectivity index (χ0v) is 21.1. The van der Waals surface area contributed by atoms with Crippen molar-refractivity contribution in [3.05, 3.63) is 75.8 Å². The van der Waals surface area contributed by atoms with E-state index in [1.807, 2.05) is 0 Å². The largest absolute Gasteiger partial charge is 0.493 e. The molecule has 0 fully saturated rings. The molecule has 0 heterocycles. The number of halogens is 1. The van der Waals surface area contributed by atoms with Crippen molar-refractivity contribution in [1.82, 2.24) is 5.43 Å². The maximum atomic E-state index is 12.9. The Morgan fingerprint density at radius 2 is 1.40 bits per heavy atom. The third kappa shape index (κ3) is 6.30. The van der Waals surface area contributed by atoms with E-state index in [9.17, 15) is 9.59 Å². The van der Waals surface area contributed by atoms with Gasteiger partial charge in [-0.3, -0.25) is 9.59 Å². The van der Waals surface area contributed by atoms with E-state index < -0.39 is 11.8 Å². The molecule has 0 aliphatic heterocycles. The van der Waals surface area contributed by atoms with Gasteiger partial charge >= 0.3 is 0 Å². The van der Waals surface area contributed by atoms with Crippen LogP contribution in [-0.2, 0) is 0 Å². The number of rotatable bonds is 9. The highest BCUT2D eigenvalue weighted by Gasteiger charge is 2.16. The highest BCUT2D eigenvalue weighted by molar-refractivity contribution is 9.10. The molecule has 0 aliphatic rings. The summed E-state index contributed by atoms with van der Waals surface area (Å²) in [6.07, 6.45) is 1.47. The lowest BCUT2D eigenvalue weighted by atomic mass is 10.1. The Hall–Kier alpha value is -4.05. The van der Waals surface area contributed by atoms with Crippen LogP contribution in [0.2, 0.25) is 0 Å². The fraction of sp³-hybridized carbons (Fsp3) is 0.160. The Balaban J connectivity index is 1.77.